The molecule has 0 spiro atoms. The van der Waals surface area contributed by atoms with Crippen LogP contribution in [0.3, 0.4) is 0 Å². The number of nitrogens with one attached hydrogen (secondary N) is 4. The second-order valence-electron chi connectivity index (χ2n) is 6.37. The van der Waals surface area contributed by atoms with E-state index in [2.05, 4.69) is 15.4 Å². The van der Waals surface area contributed by atoms with E-state index in [0.717, 1.165) is 5.56 Å². The molecule has 0 fully saturated rings. The zero-order valence-electron chi connectivity index (χ0n) is 15.9. The van der Waals surface area contributed by atoms with Crippen LogP contribution in [0.25, 0.3) is 0 Å². The Morgan fingerprint density at radius 3 is 2.17 bits per heavy atom. The van der Waals surface area contributed by atoms with Crippen LogP contribution >= 0.6 is 0 Å². The second-order valence-corrected chi connectivity index (χ2v) is 8.14. The molecule has 8 nitrogen and oxygen atoms in total. The second kappa shape index (κ2) is 9.21. The van der Waals surface area contributed by atoms with E-state index in [0.29, 0.717) is 16.9 Å². The van der Waals surface area contributed by atoms with Crippen LogP contribution < -0.4 is 21.1 Å². The highest BCUT2D eigenvalue weighted by Crippen LogP contribution is 2.17. The fourth-order valence-corrected chi connectivity index (χ4v) is 3.70. The van der Waals surface area contributed by atoms with Gasteiger partial charge in [-0.3, -0.25) is 5.41 Å². The molecule has 0 aliphatic carbocycles. The number of rotatable bonds is 7. The number of sulfonamides is 1. The number of anilines is 2. The van der Waals surface area contributed by atoms with Gasteiger partial charge in [0.2, 0.25) is 10.0 Å². The number of para-hydroxylation sites is 1. The van der Waals surface area contributed by atoms with Gasteiger partial charge in [-0.15, -0.1) is 0 Å². The van der Waals surface area contributed by atoms with Crippen LogP contribution in [0.1, 0.15) is 11.1 Å². The van der Waals surface area contributed by atoms with Gasteiger partial charge in [-0.05, 0) is 42.0 Å². The monoisotopic (exact) mass is 423 g/mol. The zero-order chi connectivity index (χ0) is 21.6. The lowest BCUT2D eigenvalue weighted by atomic mass is 10.1. The molecule has 2 amide bonds. The number of amidine groups is 1. The van der Waals surface area contributed by atoms with Crippen molar-refractivity contribution in [1.29, 1.82) is 5.41 Å². The molecule has 3 aromatic carbocycles. The maximum Gasteiger partial charge on any atom is 0.323 e. The fourth-order valence-electron chi connectivity index (χ4n) is 2.69. The molecular formula is C21H21N5O3S. The Balaban J connectivity index is 1.63. The van der Waals surface area contributed by atoms with Crippen molar-refractivity contribution in [2.75, 3.05) is 10.6 Å². The molecule has 3 aromatic rings. The van der Waals surface area contributed by atoms with Gasteiger partial charge in [-0.25, -0.2) is 17.9 Å². The standard InChI is InChI=1S/C21H21N5O3S/c22-20(23)18-8-4-5-9-19(18)26-21(27)25-16-10-12-17(13-11-16)30(28,29)24-14-15-6-2-1-3-7-15/h1-13,24H,14H2,(H3,22,23)(H2,25,26,27). The van der Waals surface area contributed by atoms with Crippen molar-refractivity contribution in [2.45, 2.75) is 11.4 Å². The molecule has 0 unspecified atom stereocenters. The van der Waals surface area contributed by atoms with E-state index < -0.39 is 16.1 Å². The molecule has 0 aliphatic heterocycles. The average molecular weight is 423 g/mol. The van der Waals surface area contributed by atoms with Crippen LogP contribution in [0.2, 0.25) is 0 Å². The van der Waals surface area contributed by atoms with Crippen LogP contribution in [0, 0.1) is 5.41 Å². The number of nitrogen functional groups attached to an aromatic ring is 1. The van der Waals surface area contributed by atoms with Crippen LogP contribution in [0.5, 0.6) is 0 Å². The van der Waals surface area contributed by atoms with Gasteiger partial charge in [0.1, 0.15) is 5.84 Å². The highest BCUT2D eigenvalue weighted by Gasteiger charge is 2.14. The van der Waals surface area contributed by atoms with E-state index in [1.54, 1.807) is 24.3 Å². The third-order valence-corrected chi connectivity index (χ3v) is 5.61. The molecule has 0 radical (unpaired) electrons. The molecule has 0 bridgehead atoms. The van der Waals surface area contributed by atoms with Crippen molar-refractivity contribution in [3.63, 3.8) is 0 Å². The predicted molar refractivity (Wildman–Crippen MR) is 117 cm³/mol. The summed E-state index contributed by atoms with van der Waals surface area (Å²) in [6, 6.07) is 21.1. The van der Waals surface area contributed by atoms with Crippen LogP contribution in [-0.4, -0.2) is 20.3 Å². The number of hydrogen-bond donors (Lipinski definition) is 5. The SMILES string of the molecule is N=C(N)c1ccccc1NC(=O)Nc1ccc(S(=O)(=O)NCc2ccccc2)cc1. The van der Waals surface area contributed by atoms with Crippen molar-refractivity contribution in [3.05, 3.63) is 90.0 Å². The minimum Gasteiger partial charge on any atom is -0.384 e. The summed E-state index contributed by atoms with van der Waals surface area (Å²) in [5.41, 5.74) is 7.57. The van der Waals surface area contributed by atoms with Crippen molar-refractivity contribution in [1.82, 2.24) is 4.72 Å². The van der Waals surface area contributed by atoms with Crippen molar-refractivity contribution in [3.8, 4) is 0 Å². The summed E-state index contributed by atoms with van der Waals surface area (Å²) in [5, 5.41) is 12.8. The van der Waals surface area contributed by atoms with E-state index in [1.165, 1.54) is 24.3 Å². The molecule has 0 aliphatic rings. The number of nitrogens with two attached hydrogens (primary N) is 1. The van der Waals surface area contributed by atoms with E-state index in [9.17, 15) is 13.2 Å². The van der Waals surface area contributed by atoms with Gasteiger partial charge < -0.3 is 16.4 Å². The molecular weight excluding hydrogens is 402 g/mol. The minimum absolute atomic E-state index is 0.0892. The van der Waals surface area contributed by atoms with E-state index in [-0.39, 0.29) is 17.3 Å². The quantitative estimate of drug-likeness (QED) is 0.294. The molecule has 30 heavy (non-hydrogen) atoms. The maximum absolute atomic E-state index is 12.4. The van der Waals surface area contributed by atoms with Crippen LogP contribution in [0.4, 0.5) is 16.2 Å². The largest absolute Gasteiger partial charge is 0.384 e. The Hall–Kier alpha value is -3.69. The topological polar surface area (TPSA) is 137 Å². The first kappa shape index (κ1) is 21.0. The first-order valence-electron chi connectivity index (χ1n) is 9.00. The number of urea groups is 1. The summed E-state index contributed by atoms with van der Waals surface area (Å²) in [5.74, 6) is -0.163. The normalized spacial score (nSPS) is 10.9. The Morgan fingerprint density at radius 1 is 0.867 bits per heavy atom. The Labute approximate surface area is 174 Å². The van der Waals surface area contributed by atoms with Crippen molar-refractivity contribution in [2.24, 2.45) is 5.73 Å². The number of benzene rings is 3. The maximum atomic E-state index is 12.4. The first-order valence-corrected chi connectivity index (χ1v) is 10.5. The third-order valence-electron chi connectivity index (χ3n) is 4.20. The van der Waals surface area contributed by atoms with E-state index in [1.807, 2.05) is 30.3 Å². The highest BCUT2D eigenvalue weighted by atomic mass is 32.2. The molecule has 9 heteroatoms. The fraction of sp³-hybridized carbons (Fsp3) is 0.0476. The lowest BCUT2D eigenvalue weighted by Crippen LogP contribution is -2.24. The van der Waals surface area contributed by atoms with Gasteiger partial charge in [0, 0.05) is 17.8 Å². The van der Waals surface area contributed by atoms with E-state index in [4.69, 9.17) is 11.1 Å². The van der Waals surface area contributed by atoms with Gasteiger partial charge in [0.25, 0.3) is 0 Å². The zero-order valence-corrected chi connectivity index (χ0v) is 16.7. The average Bonchev–Trinajstić information content (AvgIpc) is 2.74. The third kappa shape index (κ3) is 5.43. The minimum atomic E-state index is -3.68. The number of amides is 2. The molecule has 0 aromatic heterocycles. The van der Waals surface area contributed by atoms with Gasteiger partial charge in [0.15, 0.2) is 0 Å². The van der Waals surface area contributed by atoms with Gasteiger partial charge >= 0.3 is 6.03 Å². The summed E-state index contributed by atoms with van der Waals surface area (Å²) in [4.78, 5) is 12.3. The molecule has 0 atom stereocenters. The predicted octanol–water partition coefficient (Wildman–Crippen LogP) is 3.09. The lowest BCUT2D eigenvalue weighted by Gasteiger charge is -2.12. The number of carbonyl (C=O) groups is 1. The summed E-state index contributed by atoms with van der Waals surface area (Å²) in [7, 11) is -3.68. The Bertz CT molecular complexity index is 1150. The molecule has 0 saturated heterocycles. The molecule has 0 saturated carbocycles. The molecule has 154 valence electrons. The van der Waals surface area contributed by atoms with Gasteiger partial charge in [0.05, 0.1) is 10.6 Å². The van der Waals surface area contributed by atoms with Crippen molar-refractivity contribution < 1.29 is 13.2 Å². The summed E-state index contributed by atoms with van der Waals surface area (Å²) in [6.45, 7) is 0.182. The van der Waals surface area contributed by atoms with Crippen LogP contribution in [-0.2, 0) is 16.6 Å². The van der Waals surface area contributed by atoms with Crippen molar-refractivity contribution >= 4 is 33.3 Å². The Morgan fingerprint density at radius 2 is 1.50 bits per heavy atom. The Kier molecular flexibility index (Phi) is 6.45. The van der Waals surface area contributed by atoms with Gasteiger partial charge in [-0.2, -0.15) is 0 Å². The van der Waals surface area contributed by atoms with E-state index >= 15 is 0 Å². The highest BCUT2D eigenvalue weighted by molar-refractivity contribution is 7.89. The van der Waals surface area contributed by atoms with Gasteiger partial charge in [-0.1, -0.05) is 42.5 Å². The summed E-state index contributed by atoms with van der Waals surface area (Å²) >= 11 is 0. The number of hydrogen-bond acceptors (Lipinski definition) is 4. The lowest BCUT2D eigenvalue weighted by molar-refractivity contribution is 0.262. The molecule has 6 N–H and O–H groups in total. The molecule has 3 rings (SSSR count). The summed E-state index contributed by atoms with van der Waals surface area (Å²) < 4.78 is 27.4. The smallest absolute Gasteiger partial charge is 0.323 e. The molecule has 0 heterocycles. The number of carbonyl (C=O) groups excluding carboxylic acids is 1. The first-order chi connectivity index (χ1) is 14.3. The summed E-state index contributed by atoms with van der Waals surface area (Å²) in [6.07, 6.45) is 0. The van der Waals surface area contributed by atoms with Crippen LogP contribution in [0.15, 0.2) is 83.8 Å².